The number of ether oxygens (including phenoxy) is 6. The van der Waals surface area contributed by atoms with Crippen LogP contribution in [0.3, 0.4) is 0 Å². The number of benzene rings is 4. The number of fused-ring (bicyclic) bond motifs is 9. The Morgan fingerprint density at radius 1 is 0.970 bits per heavy atom. The maximum Gasteiger partial charge on any atom is 0.416 e. The van der Waals surface area contributed by atoms with Crippen molar-refractivity contribution in [1.82, 2.24) is 14.7 Å². The van der Waals surface area contributed by atoms with E-state index in [1.807, 2.05) is 24.9 Å². The van der Waals surface area contributed by atoms with Crippen LogP contribution >= 0.6 is 11.8 Å². The third kappa shape index (κ3) is 6.42. The smallest absolute Gasteiger partial charge is 0.416 e. The van der Waals surface area contributed by atoms with Crippen molar-refractivity contribution in [2.45, 2.75) is 80.8 Å². The van der Waals surface area contributed by atoms with Crippen molar-refractivity contribution in [2.24, 2.45) is 0 Å². The first-order valence-corrected chi connectivity index (χ1v) is 22.6. The van der Waals surface area contributed by atoms with Crippen molar-refractivity contribution in [2.75, 3.05) is 47.0 Å². The predicted octanol–water partition coefficient (Wildman–Crippen LogP) is 6.56. The van der Waals surface area contributed by atoms with E-state index in [9.17, 15) is 38.2 Å². The lowest BCUT2D eigenvalue weighted by atomic mass is 9.71. The number of aryl methyl sites for hydroxylation is 1. The number of carbonyl (C=O) groups is 3. The Kier molecular flexibility index (Phi) is 10.5. The van der Waals surface area contributed by atoms with Crippen molar-refractivity contribution < 1.29 is 66.2 Å². The monoisotopic (exact) mass is 942 g/mol. The lowest BCUT2D eigenvalue weighted by Crippen LogP contribution is -2.69. The third-order valence-electron chi connectivity index (χ3n) is 14.4. The van der Waals surface area contributed by atoms with E-state index in [4.69, 9.17) is 28.4 Å². The van der Waals surface area contributed by atoms with Crippen LogP contribution in [0.25, 0.3) is 0 Å². The van der Waals surface area contributed by atoms with E-state index < -0.39 is 77.2 Å². The first kappa shape index (κ1) is 44.5. The number of nitrogens with zero attached hydrogens (tertiary/aromatic N) is 4. The van der Waals surface area contributed by atoms with Gasteiger partial charge in [0.15, 0.2) is 40.0 Å². The van der Waals surface area contributed by atoms with E-state index in [0.29, 0.717) is 51.3 Å². The molecule has 0 saturated carbocycles. The van der Waals surface area contributed by atoms with Gasteiger partial charge >= 0.3 is 18.1 Å². The summed E-state index contributed by atoms with van der Waals surface area (Å²) in [6, 6.07) is 7.49. The highest BCUT2D eigenvalue weighted by Gasteiger charge is 2.63. The molecule has 350 valence electrons. The Bertz CT molecular complexity index is 2840. The van der Waals surface area contributed by atoms with Crippen LogP contribution in [0.1, 0.15) is 84.7 Å². The zero-order valence-corrected chi connectivity index (χ0v) is 38.0. The second kappa shape index (κ2) is 15.9. The largest absolute Gasteiger partial charge is 0.504 e. The van der Waals surface area contributed by atoms with E-state index in [1.54, 1.807) is 6.92 Å². The number of phenolic OH excluding ortho intramolecular Hbond substituents is 2. The van der Waals surface area contributed by atoms with Gasteiger partial charge in [-0.15, -0.1) is 11.8 Å². The number of alkyl halides is 3. The molecule has 2 saturated heterocycles. The fourth-order valence-corrected chi connectivity index (χ4v) is 13.3. The third-order valence-corrected chi connectivity index (χ3v) is 15.8. The normalized spacial score (nSPS) is 26.1. The SMILES string of the molecule is COc1cc2c(cc1O)CCN(C(=O)c1ccc(C(F)(F)F)cc1)[C@]21CS[C@@H]2c3c(OC(C)=O)c(C)c4c(c3[C@H](COC1=O)N1[C@@H]2[C@H]2c3c(cc(C)c(OC)c3O)C[C@@H]([C@@H]1C#N)N2C)OCO4. The fraction of sp³-hybridized carbons (Fsp3) is 0.417. The zero-order chi connectivity index (χ0) is 47.6. The highest BCUT2D eigenvalue weighted by Crippen LogP contribution is 2.65. The molecule has 4 aromatic carbocycles. The van der Waals surface area contributed by atoms with E-state index in [2.05, 4.69) is 11.0 Å². The number of methoxy groups -OCH3 is 2. The molecule has 2 fully saturated rings. The first-order chi connectivity index (χ1) is 32.0. The molecule has 1 spiro atoms. The minimum atomic E-state index is -4.68. The topological polar surface area (TPSA) is 181 Å². The number of nitriles is 1. The quantitative estimate of drug-likeness (QED) is 0.166. The van der Waals surface area contributed by atoms with Gasteiger partial charge < -0.3 is 43.5 Å². The number of rotatable bonds is 4. The Morgan fingerprint density at radius 2 is 1.70 bits per heavy atom. The molecule has 7 aliphatic rings. The average molecular weight is 943 g/mol. The number of piperazine rings is 1. The summed E-state index contributed by atoms with van der Waals surface area (Å²) in [5, 5.41) is 33.7. The molecule has 4 aromatic rings. The van der Waals surface area contributed by atoms with Crippen molar-refractivity contribution in [3.8, 4) is 46.3 Å². The number of aromatic hydroxyl groups is 2. The van der Waals surface area contributed by atoms with Gasteiger partial charge in [-0.05, 0) is 92.4 Å². The van der Waals surface area contributed by atoms with Crippen molar-refractivity contribution in [3.05, 3.63) is 98.1 Å². The van der Waals surface area contributed by atoms with E-state index in [1.165, 1.54) is 49.9 Å². The number of hydrogen-bond acceptors (Lipinski definition) is 15. The van der Waals surface area contributed by atoms with E-state index >= 15 is 4.79 Å². The van der Waals surface area contributed by atoms with Crippen LogP contribution in [-0.4, -0.2) is 108 Å². The molecule has 7 aliphatic heterocycles. The number of esters is 2. The molecule has 2 N–H and O–H groups in total. The molecule has 1 amide bonds. The Hall–Kier alpha value is -6.36. The van der Waals surface area contributed by atoms with Crippen LogP contribution in [0.4, 0.5) is 13.2 Å². The van der Waals surface area contributed by atoms with Gasteiger partial charge in [0.1, 0.15) is 18.4 Å². The summed E-state index contributed by atoms with van der Waals surface area (Å²) < 4.78 is 77.6. The standard InChI is InChI=1S/C48H45F3N4O11S/c1-21-13-26-14-29-30(17-52)55-31-18-63-46(60)47(28-16-33(61-5)32(57)15-25(28)11-12-54(47)45(59)24-7-9-27(10-8-24)48(49,50)51)19-67-44(38(55)37(53(29)4)34(26)39(58)40(21)62-6)36-35(31)43-42(64-20-65-43)22(2)41(36)66-23(3)56/h7-10,13,15-16,29-31,37-38,44,57-58H,11-12,14,18-20H2,1-6H3/t29-,30-,31-,37+,38+,44+,47+/m0/s1. The van der Waals surface area contributed by atoms with Gasteiger partial charge in [0.2, 0.25) is 6.79 Å². The number of carbonyl (C=O) groups excluding carboxylic acids is 3. The zero-order valence-electron chi connectivity index (χ0n) is 37.1. The van der Waals surface area contributed by atoms with Crippen LogP contribution in [0.15, 0.2) is 42.5 Å². The Morgan fingerprint density at radius 3 is 2.37 bits per heavy atom. The molecule has 0 radical (unpaired) electrons. The van der Waals surface area contributed by atoms with Gasteiger partial charge in [-0.3, -0.25) is 19.4 Å². The Balaban J connectivity index is 1.25. The van der Waals surface area contributed by atoms with Gasteiger partial charge in [0.05, 0.1) is 43.2 Å². The summed E-state index contributed by atoms with van der Waals surface area (Å²) in [6.07, 6.45) is -4.16. The molecule has 67 heavy (non-hydrogen) atoms. The molecule has 0 aliphatic carbocycles. The van der Waals surface area contributed by atoms with Crippen molar-refractivity contribution in [1.29, 1.82) is 5.26 Å². The maximum atomic E-state index is 15.6. The van der Waals surface area contributed by atoms with Crippen molar-refractivity contribution >= 4 is 29.6 Å². The average Bonchev–Trinajstić information content (AvgIpc) is 3.79. The predicted molar refractivity (Wildman–Crippen MR) is 232 cm³/mol. The molecular formula is C48H45F3N4O11S. The van der Waals surface area contributed by atoms with E-state index in [-0.39, 0.29) is 65.4 Å². The number of halogens is 3. The van der Waals surface area contributed by atoms with Crippen LogP contribution in [0.2, 0.25) is 0 Å². The number of phenols is 2. The van der Waals surface area contributed by atoms with Gasteiger partial charge in [0, 0.05) is 59.1 Å². The molecule has 11 rings (SSSR count). The first-order valence-electron chi connectivity index (χ1n) is 21.6. The fourth-order valence-electron chi connectivity index (χ4n) is 11.5. The summed E-state index contributed by atoms with van der Waals surface area (Å²) in [6.45, 7) is 4.11. The summed E-state index contributed by atoms with van der Waals surface area (Å²) >= 11 is 1.22. The van der Waals surface area contributed by atoms with E-state index in [0.717, 1.165) is 29.8 Å². The highest BCUT2D eigenvalue weighted by atomic mass is 32.2. The van der Waals surface area contributed by atoms with Crippen LogP contribution in [0.5, 0.6) is 40.2 Å². The molecule has 15 nitrogen and oxygen atoms in total. The van der Waals surface area contributed by atoms with Crippen LogP contribution in [-0.2, 0) is 38.9 Å². The number of likely N-dealkylation sites (N-methyl/N-ethyl adjacent to an activating group) is 1. The van der Waals surface area contributed by atoms with Crippen LogP contribution < -0.4 is 23.7 Å². The minimum Gasteiger partial charge on any atom is -0.504 e. The molecular weight excluding hydrogens is 898 g/mol. The summed E-state index contributed by atoms with van der Waals surface area (Å²) in [7, 11) is 4.70. The van der Waals surface area contributed by atoms with Crippen LogP contribution in [0, 0.1) is 25.2 Å². The molecule has 0 unspecified atom stereocenters. The highest BCUT2D eigenvalue weighted by molar-refractivity contribution is 7.99. The number of amides is 1. The molecule has 4 bridgehead atoms. The maximum absolute atomic E-state index is 15.6. The number of thioether (sulfide) groups is 1. The number of hydrogen-bond donors (Lipinski definition) is 2. The summed E-state index contributed by atoms with van der Waals surface area (Å²) in [4.78, 5) is 49.2. The molecule has 7 heterocycles. The second-order valence-electron chi connectivity index (χ2n) is 17.7. The molecule has 19 heteroatoms. The van der Waals surface area contributed by atoms with Gasteiger partial charge in [-0.2, -0.15) is 18.4 Å². The summed E-state index contributed by atoms with van der Waals surface area (Å²) in [5.74, 6) is -1.77. The minimum absolute atomic E-state index is 0.00860. The van der Waals surface area contributed by atoms with Gasteiger partial charge in [-0.1, -0.05) is 6.07 Å². The van der Waals surface area contributed by atoms with Gasteiger partial charge in [0.25, 0.3) is 5.91 Å². The Labute approximate surface area is 386 Å². The molecule has 7 atom stereocenters. The van der Waals surface area contributed by atoms with Crippen molar-refractivity contribution in [3.63, 3.8) is 0 Å². The molecule has 0 aromatic heterocycles. The lowest BCUT2D eigenvalue weighted by Gasteiger charge is -2.62. The summed E-state index contributed by atoms with van der Waals surface area (Å²) in [5.41, 5.74) is 1.15. The second-order valence-corrected chi connectivity index (χ2v) is 18.8. The lowest BCUT2D eigenvalue weighted by molar-refractivity contribution is -0.162. The van der Waals surface area contributed by atoms with Gasteiger partial charge in [-0.25, -0.2) is 4.79 Å².